The number of hydrogen-bond acceptors (Lipinski definition) is 2. The van der Waals surface area contributed by atoms with Gasteiger partial charge in [0.25, 0.3) is 0 Å². The smallest absolute Gasteiger partial charge is 0.169 e. The molecule has 0 aromatic carbocycles. The molecule has 2 rings (SSSR count). The van der Waals surface area contributed by atoms with Crippen molar-refractivity contribution in [2.24, 2.45) is 0 Å². The van der Waals surface area contributed by atoms with Crippen LogP contribution in [-0.4, -0.2) is 42.4 Å². The first-order chi connectivity index (χ1) is 7.27. The Morgan fingerprint density at radius 3 is 2.67 bits per heavy atom. The van der Waals surface area contributed by atoms with E-state index in [-0.39, 0.29) is 0 Å². The fourth-order valence-electron chi connectivity index (χ4n) is 2.34. The summed E-state index contributed by atoms with van der Waals surface area (Å²) in [6, 6.07) is 1.09. The summed E-state index contributed by atoms with van der Waals surface area (Å²) in [5.74, 6) is 0. The predicted molar refractivity (Wildman–Crippen MR) is 65.0 cm³/mol. The van der Waals surface area contributed by atoms with Crippen molar-refractivity contribution in [1.29, 1.82) is 0 Å². The highest BCUT2D eigenvalue weighted by molar-refractivity contribution is 7.80. The lowest BCUT2D eigenvalue weighted by atomic mass is 10.2. The maximum absolute atomic E-state index is 5.41. The Bertz CT molecular complexity index is 223. The Morgan fingerprint density at radius 1 is 1.33 bits per heavy atom. The molecule has 1 aliphatic heterocycles. The maximum atomic E-state index is 5.41. The summed E-state index contributed by atoms with van der Waals surface area (Å²) < 4.78 is 5.37. The van der Waals surface area contributed by atoms with Crippen molar-refractivity contribution in [3.8, 4) is 0 Å². The van der Waals surface area contributed by atoms with E-state index in [0.717, 1.165) is 24.7 Å². The summed E-state index contributed by atoms with van der Waals surface area (Å²) in [7, 11) is 2.07. The standard InChI is InChI=1S/C11H20N2OS/c1-13(10-6-7-14-8-10)11(15)12-9-4-2-3-5-9/h9-10H,2-8H2,1H3,(H,12,15). The minimum atomic E-state index is 0.478. The van der Waals surface area contributed by atoms with Gasteiger partial charge < -0.3 is 15.0 Å². The van der Waals surface area contributed by atoms with Crippen LogP contribution in [-0.2, 0) is 4.74 Å². The van der Waals surface area contributed by atoms with Gasteiger partial charge in [-0.3, -0.25) is 0 Å². The summed E-state index contributed by atoms with van der Waals surface area (Å²) in [6.45, 7) is 1.70. The summed E-state index contributed by atoms with van der Waals surface area (Å²) in [4.78, 5) is 2.17. The zero-order valence-electron chi connectivity index (χ0n) is 9.37. The van der Waals surface area contributed by atoms with Crippen LogP contribution in [0.4, 0.5) is 0 Å². The van der Waals surface area contributed by atoms with Crippen LogP contribution >= 0.6 is 12.2 Å². The Kier molecular flexibility index (Phi) is 3.81. The van der Waals surface area contributed by atoms with Gasteiger partial charge >= 0.3 is 0 Å². The Morgan fingerprint density at radius 2 is 2.07 bits per heavy atom. The maximum Gasteiger partial charge on any atom is 0.169 e. The average Bonchev–Trinajstić information content (AvgIpc) is 2.88. The third-order valence-electron chi connectivity index (χ3n) is 3.46. The summed E-state index contributed by atoms with van der Waals surface area (Å²) in [5, 5.41) is 4.36. The van der Waals surface area contributed by atoms with Crippen LogP contribution in [0.5, 0.6) is 0 Å². The van der Waals surface area contributed by atoms with Crippen LogP contribution in [0.3, 0.4) is 0 Å². The quantitative estimate of drug-likeness (QED) is 0.724. The second-order valence-electron chi connectivity index (χ2n) is 4.56. The van der Waals surface area contributed by atoms with E-state index < -0.39 is 0 Å². The molecule has 0 spiro atoms. The molecule has 0 radical (unpaired) electrons. The molecule has 0 aromatic heterocycles. The van der Waals surface area contributed by atoms with Crippen LogP contribution in [0.25, 0.3) is 0 Å². The molecule has 0 bridgehead atoms. The van der Waals surface area contributed by atoms with Gasteiger partial charge in [0.15, 0.2) is 5.11 Å². The first-order valence-electron chi connectivity index (χ1n) is 5.88. The van der Waals surface area contributed by atoms with E-state index in [1.165, 1.54) is 25.7 Å². The zero-order valence-corrected chi connectivity index (χ0v) is 10.2. The number of hydrogen-bond donors (Lipinski definition) is 1. The van der Waals surface area contributed by atoms with Crippen molar-refractivity contribution in [2.75, 3.05) is 20.3 Å². The molecule has 86 valence electrons. The first-order valence-corrected chi connectivity index (χ1v) is 6.29. The number of rotatable bonds is 2. The average molecular weight is 228 g/mol. The molecule has 1 saturated heterocycles. The SMILES string of the molecule is CN(C(=S)NC1CCCC1)C1CCOC1. The molecule has 0 aromatic rings. The normalized spacial score (nSPS) is 26.9. The fraction of sp³-hybridized carbons (Fsp3) is 0.909. The highest BCUT2D eigenvalue weighted by atomic mass is 32.1. The molecule has 1 saturated carbocycles. The van der Waals surface area contributed by atoms with Crippen molar-refractivity contribution in [3.63, 3.8) is 0 Å². The van der Waals surface area contributed by atoms with E-state index in [4.69, 9.17) is 17.0 Å². The number of nitrogens with one attached hydrogen (secondary N) is 1. The second-order valence-corrected chi connectivity index (χ2v) is 4.95. The van der Waals surface area contributed by atoms with Crippen LogP contribution in [0.1, 0.15) is 32.1 Å². The minimum Gasteiger partial charge on any atom is -0.379 e. The van der Waals surface area contributed by atoms with Crippen LogP contribution in [0, 0.1) is 0 Å². The number of nitrogens with zero attached hydrogens (tertiary/aromatic N) is 1. The van der Waals surface area contributed by atoms with Gasteiger partial charge in [-0.05, 0) is 31.5 Å². The van der Waals surface area contributed by atoms with Crippen LogP contribution < -0.4 is 5.32 Å². The van der Waals surface area contributed by atoms with Gasteiger partial charge in [0.05, 0.1) is 12.6 Å². The van der Waals surface area contributed by atoms with E-state index in [0.29, 0.717) is 12.1 Å². The van der Waals surface area contributed by atoms with Gasteiger partial charge in [0, 0.05) is 19.7 Å². The van der Waals surface area contributed by atoms with Gasteiger partial charge in [-0.1, -0.05) is 12.8 Å². The monoisotopic (exact) mass is 228 g/mol. The molecule has 1 atom stereocenters. The fourth-order valence-corrected chi connectivity index (χ4v) is 2.66. The number of ether oxygens (including phenoxy) is 1. The van der Waals surface area contributed by atoms with E-state index in [9.17, 15) is 0 Å². The van der Waals surface area contributed by atoms with Crippen molar-refractivity contribution < 1.29 is 4.74 Å². The molecule has 0 amide bonds. The largest absolute Gasteiger partial charge is 0.379 e. The molecule has 2 fully saturated rings. The third-order valence-corrected chi connectivity index (χ3v) is 3.86. The second kappa shape index (κ2) is 5.12. The minimum absolute atomic E-state index is 0.478. The van der Waals surface area contributed by atoms with E-state index in [2.05, 4.69) is 17.3 Å². The molecular weight excluding hydrogens is 208 g/mol. The topological polar surface area (TPSA) is 24.5 Å². The number of likely N-dealkylation sites (N-methyl/N-ethyl adjacent to an activating group) is 1. The molecule has 4 heteroatoms. The van der Waals surface area contributed by atoms with Gasteiger partial charge in [0.2, 0.25) is 0 Å². The third kappa shape index (κ3) is 2.82. The summed E-state index contributed by atoms with van der Waals surface area (Å²) in [6.07, 6.45) is 6.33. The molecule has 1 heterocycles. The summed E-state index contributed by atoms with van der Waals surface area (Å²) in [5.41, 5.74) is 0. The van der Waals surface area contributed by atoms with Gasteiger partial charge in [0.1, 0.15) is 0 Å². The van der Waals surface area contributed by atoms with Crippen molar-refractivity contribution in [3.05, 3.63) is 0 Å². The van der Waals surface area contributed by atoms with Crippen LogP contribution in [0.15, 0.2) is 0 Å². The lowest BCUT2D eigenvalue weighted by Crippen LogP contribution is -2.46. The Balaban J connectivity index is 1.78. The molecule has 1 aliphatic carbocycles. The number of thiocarbonyl (C=S) groups is 1. The molecule has 1 N–H and O–H groups in total. The molecule has 3 nitrogen and oxygen atoms in total. The molecule has 15 heavy (non-hydrogen) atoms. The van der Waals surface area contributed by atoms with Crippen molar-refractivity contribution >= 4 is 17.3 Å². The Hall–Kier alpha value is -0.350. The molecular formula is C11H20N2OS. The lowest BCUT2D eigenvalue weighted by Gasteiger charge is -2.28. The van der Waals surface area contributed by atoms with E-state index in [1.807, 2.05) is 0 Å². The van der Waals surface area contributed by atoms with Crippen molar-refractivity contribution in [2.45, 2.75) is 44.2 Å². The summed E-state index contributed by atoms with van der Waals surface area (Å²) >= 11 is 5.41. The van der Waals surface area contributed by atoms with Crippen LogP contribution in [0.2, 0.25) is 0 Å². The highest BCUT2D eigenvalue weighted by Gasteiger charge is 2.24. The molecule has 2 aliphatic rings. The van der Waals surface area contributed by atoms with Gasteiger partial charge in [-0.15, -0.1) is 0 Å². The Labute approximate surface area is 97.2 Å². The van der Waals surface area contributed by atoms with Crippen molar-refractivity contribution in [1.82, 2.24) is 10.2 Å². The van der Waals surface area contributed by atoms with E-state index in [1.54, 1.807) is 0 Å². The molecule has 1 unspecified atom stereocenters. The highest BCUT2D eigenvalue weighted by Crippen LogP contribution is 2.18. The van der Waals surface area contributed by atoms with Gasteiger partial charge in [-0.2, -0.15) is 0 Å². The zero-order chi connectivity index (χ0) is 10.7. The van der Waals surface area contributed by atoms with Gasteiger partial charge in [-0.25, -0.2) is 0 Å². The predicted octanol–water partition coefficient (Wildman–Crippen LogP) is 1.52. The first kappa shape index (κ1) is 11.1. The van der Waals surface area contributed by atoms with E-state index >= 15 is 0 Å². The lowest BCUT2D eigenvalue weighted by molar-refractivity contribution is 0.178.